The van der Waals surface area contributed by atoms with E-state index in [1.807, 2.05) is 30.3 Å². The maximum Gasteiger partial charge on any atom is 0.227 e. The van der Waals surface area contributed by atoms with Crippen LogP contribution in [0.3, 0.4) is 0 Å². The Morgan fingerprint density at radius 3 is 2.67 bits per heavy atom. The standard InChI is InChI=1S/C26H33FN2O4/c1-28(11-12-30)25(32)22(14-19-3-2-4-20(13-19)17-31)16-29-9-7-26(8-10-29)24-15-23(27)6-5-21(24)18-33-26/h2-6,13,15,22,30-31H,7-12,14,16-18H2,1H3. The lowest BCUT2D eigenvalue weighted by Crippen LogP contribution is -2.47. The fourth-order valence-corrected chi connectivity index (χ4v) is 5.16. The molecule has 2 N–H and O–H groups in total. The van der Waals surface area contributed by atoms with Gasteiger partial charge in [-0.25, -0.2) is 4.39 Å². The summed E-state index contributed by atoms with van der Waals surface area (Å²) >= 11 is 0. The number of likely N-dealkylation sites (tertiary alicyclic amines) is 1. The minimum absolute atomic E-state index is 0.00303. The predicted octanol–water partition coefficient (Wildman–Crippen LogP) is 2.45. The van der Waals surface area contributed by atoms with Gasteiger partial charge in [0.25, 0.3) is 0 Å². The van der Waals surface area contributed by atoms with Crippen molar-refractivity contribution in [1.29, 1.82) is 0 Å². The lowest BCUT2D eigenvalue weighted by molar-refractivity contribution is -0.136. The molecule has 2 aromatic carbocycles. The molecular formula is C26H33FN2O4. The van der Waals surface area contributed by atoms with Crippen molar-refractivity contribution in [2.75, 3.05) is 39.8 Å². The van der Waals surface area contributed by atoms with E-state index in [-0.39, 0.29) is 30.9 Å². The van der Waals surface area contributed by atoms with E-state index in [9.17, 15) is 19.4 Å². The van der Waals surface area contributed by atoms with Gasteiger partial charge in [0.15, 0.2) is 0 Å². The fourth-order valence-electron chi connectivity index (χ4n) is 5.16. The van der Waals surface area contributed by atoms with E-state index >= 15 is 0 Å². The highest BCUT2D eigenvalue weighted by Gasteiger charge is 2.43. The van der Waals surface area contributed by atoms with Crippen LogP contribution in [0.25, 0.3) is 0 Å². The summed E-state index contributed by atoms with van der Waals surface area (Å²) in [5, 5.41) is 18.8. The Morgan fingerprint density at radius 1 is 1.18 bits per heavy atom. The molecule has 2 aliphatic heterocycles. The van der Waals surface area contributed by atoms with Crippen molar-refractivity contribution in [2.24, 2.45) is 5.92 Å². The van der Waals surface area contributed by atoms with Gasteiger partial charge >= 0.3 is 0 Å². The van der Waals surface area contributed by atoms with Crippen molar-refractivity contribution < 1.29 is 24.1 Å². The maximum atomic E-state index is 13.9. The number of ether oxygens (including phenoxy) is 1. The largest absolute Gasteiger partial charge is 0.395 e. The molecule has 1 amide bonds. The second kappa shape index (κ2) is 10.3. The SMILES string of the molecule is CN(CCO)C(=O)C(Cc1cccc(CO)c1)CN1CCC2(CC1)OCc1ccc(F)cc12. The number of rotatable bonds is 8. The van der Waals surface area contributed by atoms with Gasteiger partial charge in [-0.1, -0.05) is 30.3 Å². The first-order valence-corrected chi connectivity index (χ1v) is 11.6. The molecule has 2 aliphatic rings. The first kappa shape index (κ1) is 23.8. The lowest BCUT2D eigenvalue weighted by Gasteiger charge is -2.40. The first-order chi connectivity index (χ1) is 15.9. The molecule has 1 fully saturated rings. The smallest absolute Gasteiger partial charge is 0.227 e. The summed E-state index contributed by atoms with van der Waals surface area (Å²) in [4.78, 5) is 17.1. The summed E-state index contributed by atoms with van der Waals surface area (Å²) in [6.07, 6.45) is 2.09. The third kappa shape index (κ3) is 5.27. The monoisotopic (exact) mass is 456 g/mol. The van der Waals surface area contributed by atoms with E-state index in [0.29, 0.717) is 26.1 Å². The van der Waals surface area contributed by atoms with Crippen molar-refractivity contribution >= 4 is 5.91 Å². The Kier molecular flexibility index (Phi) is 7.44. The molecule has 1 spiro atoms. The Labute approximate surface area is 194 Å². The average molecular weight is 457 g/mol. The highest BCUT2D eigenvalue weighted by atomic mass is 19.1. The van der Waals surface area contributed by atoms with Crippen molar-refractivity contribution in [1.82, 2.24) is 9.80 Å². The third-order valence-electron chi connectivity index (χ3n) is 7.03. The quantitative estimate of drug-likeness (QED) is 0.639. The number of amides is 1. The number of nitrogens with zero attached hydrogens (tertiary/aromatic N) is 2. The summed E-state index contributed by atoms with van der Waals surface area (Å²) in [7, 11) is 1.72. The molecule has 0 aliphatic carbocycles. The molecule has 2 heterocycles. The van der Waals surface area contributed by atoms with Crippen LogP contribution in [0, 0.1) is 11.7 Å². The number of halogens is 1. The maximum absolute atomic E-state index is 13.9. The van der Waals surface area contributed by atoms with E-state index in [4.69, 9.17) is 4.74 Å². The molecule has 1 unspecified atom stereocenters. The number of carbonyl (C=O) groups is 1. The second-order valence-corrected chi connectivity index (χ2v) is 9.25. The van der Waals surface area contributed by atoms with Crippen LogP contribution in [0.5, 0.6) is 0 Å². The van der Waals surface area contributed by atoms with Gasteiger partial charge in [0.05, 0.1) is 31.3 Å². The number of hydrogen-bond acceptors (Lipinski definition) is 5. The molecule has 0 radical (unpaired) electrons. The van der Waals surface area contributed by atoms with Crippen molar-refractivity contribution in [3.63, 3.8) is 0 Å². The van der Waals surface area contributed by atoms with Crippen LogP contribution in [0.2, 0.25) is 0 Å². The van der Waals surface area contributed by atoms with Crippen molar-refractivity contribution in [2.45, 2.75) is 38.1 Å². The number of fused-ring (bicyclic) bond motifs is 2. The van der Waals surface area contributed by atoms with Crippen LogP contribution in [0.1, 0.15) is 35.1 Å². The Morgan fingerprint density at radius 2 is 1.94 bits per heavy atom. The summed E-state index contributed by atoms with van der Waals surface area (Å²) in [6, 6.07) is 12.6. The summed E-state index contributed by atoms with van der Waals surface area (Å²) < 4.78 is 20.1. The third-order valence-corrected chi connectivity index (χ3v) is 7.03. The molecule has 6 nitrogen and oxygen atoms in total. The van der Waals surface area contributed by atoms with Crippen LogP contribution in [0.4, 0.5) is 4.39 Å². The highest BCUT2D eigenvalue weighted by Crippen LogP contribution is 2.44. The normalized spacial score (nSPS) is 18.3. The van der Waals surface area contributed by atoms with Crippen molar-refractivity contribution in [3.05, 3.63) is 70.5 Å². The van der Waals surface area contributed by atoms with Crippen LogP contribution < -0.4 is 0 Å². The van der Waals surface area contributed by atoms with E-state index in [2.05, 4.69) is 4.90 Å². The minimum Gasteiger partial charge on any atom is -0.395 e. The van der Waals surface area contributed by atoms with Crippen LogP contribution >= 0.6 is 0 Å². The number of aliphatic hydroxyl groups excluding tert-OH is 2. The molecule has 0 bridgehead atoms. The molecular weight excluding hydrogens is 423 g/mol. The molecule has 178 valence electrons. The Bertz CT molecular complexity index is 975. The number of carbonyl (C=O) groups excluding carboxylic acids is 1. The van der Waals surface area contributed by atoms with Gasteiger partial charge in [-0.2, -0.15) is 0 Å². The molecule has 1 atom stereocenters. The number of piperidine rings is 1. The predicted molar refractivity (Wildman–Crippen MR) is 123 cm³/mol. The fraction of sp³-hybridized carbons (Fsp3) is 0.500. The van der Waals surface area contributed by atoms with Gasteiger partial charge in [-0.05, 0) is 53.6 Å². The summed E-state index contributed by atoms with van der Waals surface area (Å²) in [6.45, 7) is 2.83. The molecule has 1 saturated heterocycles. The second-order valence-electron chi connectivity index (χ2n) is 9.25. The van der Waals surface area contributed by atoms with E-state index in [1.165, 1.54) is 6.07 Å². The van der Waals surface area contributed by atoms with E-state index in [0.717, 1.165) is 48.2 Å². The lowest BCUT2D eigenvalue weighted by atomic mass is 9.83. The van der Waals surface area contributed by atoms with E-state index < -0.39 is 5.60 Å². The molecule has 4 rings (SSSR count). The topological polar surface area (TPSA) is 73.2 Å². The van der Waals surface area contributed by atoms with Crippen LogP contribution in [-0.2, 0) is 34.8 Å². The van der Waals surface area contributed by atoms with Gasteiger partial charge in [-0.3, -0.25) is 4.79 Å². The molecule has 0 aromatic heterocycles. The van der Waals surface area contributed by atoms with Crippen molar-refractivity contribution in [3.8, 4) is 0 Å². The van der Waals surface area contributed by atoms with Gasteiger partial charge < -0.3 is 24.7 Å². The molecule has 2 aromatic rings. The molecule has 0 saturated carbocycles. The zero-order chi connectivity index (χ0) is 23.4. The van der Waals surface area contributed by atoms with Crippen LogP contribution in [0.15, 0.2) is 42.5 Å². The number of likely N-dealkylation sites (N-methyl/N-ethyl adjacent to an activating group) is 1. The highest BCUT2D eigenvalue weighted by molar-refractivity contribution is 5.79. The summed E-state index contributed by atoms with van der Waals surface area (Å²) in [5.74, 6) is -0.495. The van der Waals surface area contributed by atoms with Crippen LogP contribution in [-0.4, -0.2) is 65.8 Å². The average Bonchev–Trinajstić information content (AvgIpc) is 3.17. The number of aliphatic hydroxyl groups is 2. The zero-order valence-corrected chi connectivity index (χ0v) is 19.2. The minimum atomic E-state index is -0.434. The number of hydrogen-bond donors (Lipinski definition) is 2. The Balaban J connectivity index is 1.46. The number of benzene rings is 2. The van der Waals surface area contributed by atoms with Gasteiger partial charge in [-0.15, -0.1) is 0 Å². The summed E-state index contributed by atoms with van der Waals surface area (Å²) in [5.41, 5.74) is 3.43. The van der Waals surface area contributed by atoms with Gasteiger partial charge in [0, 0.05) is 33.2 Å². The molecule has 7 heteroatoms. The van der Waals surface area contributed by atoms with E-state index in [1.54, 1.807) is 18.0 Å². The van der Waals surface area contributed by atoms with Gasteiger partial charge in [0.2, 0.25) is 5.91 Å². The molecule has 33 heavy (non-hydrogen) atoms. The van der Waals surface area contributed by atoms with Gasteiger partial charge in [0.1, 0.15) is 5.82 Å². The zero-order valence-electron chi connectivity index (χ0n) is 19.2. The Hall–Kier alpha value is -2.32. The first-order valence-electron chi connectivity index (χ1n) is 11.6.